The van der Waals surface area contributed by atoms with Crippen LogP contribution in [0.5, 0.6) is 0 Å². The zero-order valence-electron chi connectivity index (χ0n) is 17.0. The second-order valence-corrected chi connectivity index (χ2v) is 7.65. The van der Waals surface area contributed by atoms with Gasteiger partial charge in [0.15, 0.2) is 5.71 Å². The van der Waals surface area contributed by atoms with Gasteiger partial charge in [-0.2, -0.15) is 0 Å². The molecular weight excluding hydrogens is 459 g/mol. The van der Waals surface area contributed by atoms with E-state index in [4.69, 9.17) is 27.9 Å². The molecule has 0 unspecified atom stereocenters. The Morgan fingerprint density at radius 3 is 2.72 bits per heavy atom. The molecule has 1 atom stereocenters. The summed E-state index contributed by atoms with van der Waals surface area (Å²) in [6, 6.07) is 9.60. The number of ether oxygens (including phenoxy) is 1. The summed E-state index contributed by atoms with van der Waals surface area (Å²) in [6.45, 7) is 1.69. The minimum atomic E-state index is -1.40. The smallest absolute Gasteiger partial charge is 0.315 e. The Morgan fingerprint density at radius 2 is 2.03 bits per heavy atom. The molecule has 11 heteroatoms. The molecule has 0 spiro atoms. The number of amides is 1. The number of nitrogens with one attached hydrogen (secondary N) is 2. The second-order valence-electron chi connectivity index (χ2n) is 6.81. The summed E-state index contributed by atoms with van der Waals surface area (Å²) < 4.78 is 4.76. The van der Waals surface area contributed by atoms with Crippen LogP contribution in [-0.2, 0) is 20.7 Å². The maximum Gasteiger partial charge on any atom is 0.315 e. The van der Waals surface area contributed by atoms with Crippen molar-refractivity contribution in [3.05, 3.63) is 68.1 Å². The predicted octanol–water partition coefficient (Wildman–Crippen LogP) is 3.34. The third-order valence-corrected chi connectivity index (χ3v) is 5.44. The number of carbonyl (C=O) groups is 2. The van der Waals surface area contributed by atoms with Crippen molar-refractivity contribution in [3.63, 3.8) is 0 Å². The van der Waals surface area contributed by atoms with Gasteiger partial charge in [0.25, 0.3) is 11.5 Å². The molecule has 2 aromatic carbocycles. The van der Waals surface area contributed by atoms with Gasteiger partial charge in [0, 0.05) is 22.2 Å². The summed E-state index contributed by atoms with van der Waals surface area (Å²) in [5, 5.41) is 15.9. The molecule has 0 radical (unpaired) electrons. The third-order valence-electron chi connectivity index (χ3n) is 4.79. The van der Waals surface area contributed by atoms with Crippen LogP contribution >= 0.6 is 23.2 Å². The van der Waals surface area contributed by atoms with E-state index in [-0.39, 0.29) is 12.1 Å². The van der Waals surface area contributed by atoms with Crippen LogP contribution in [-0.4, -0.2) is 39.9 Å². The van der Waals surface area contributed by atoms with Crippen LogP contribution < -0.4 is 10.9 Å². The number of benzene rings is 2. The fourth-order valence-electron chi connectivity index (χ4n) is 3.06. The van der Waals surface area contributed by atoms with Crippen molar-refractivity contribution in [2.24, 2.45) is 11.1 Å². The van der Waals surface area contributed by atoms with E-state index in [1.54, 1.807) is 37.3 Å². The molecule has 0 aliphatic heterocycles. The van der Waals surface area contributed by atoms with Crippen LogP contribution in [0, 0.1) is 12.8 Å². The van der Waals surface area contributed by atoms with Crippen LogP contribution in [0.25, 0.3) is 11.0 Å². The van der Waals surface area contributed by atoms with Crippen LogP contribution in [0.1, 0.15) is 11.3 Å². The molecule has 0 bridgehead atoms. The van der Waals surface area contributed by atoms with Crippen molar-refractivity contribution < 1.29 is 19.5 Å². The lowest BCUT2D eigenvalue weighted by Gasteiger charge is -2.16. The lowest BCUT2D eigenvalue weighted by molar-refractivity contribution is -0.143. The van der Waals surface area contributed by atoms with E-state index in [2.05, 4.69) is 20.4 Å². The zero-order chi connectivity index (χ0) is 23.4. The minimum absolute atomic E-state index is 0.0527. The molecule has 0 aliphatic rings. The van der Waals surface area contributed by atoms with Gasteiger partial charge in [-0.3, -0.25) is 14.4 Å². The predicted molar refractivity (Wildman–Crippen MR) is 121 cm³/mol. The van der Waals surface area contributed by atoms with E-state index < -0.39 is 29.1 Å². The lowest BCUT2D eigenvalue weighted by Crippen LogP contribution is -2.38. The van der Waals surface area contributed by atoms with Crippen molar-refractivity contribution in [2.45, 2.75) is 13.3 Å². The maximum absolute atomic E-state index is 12.8. The summed E-state index contributed by atoms with van der Waals surface area (Å²) in [6.07, 6.45) is -0.345. The fourth-order valence-corrected chi connectivity index (χ4v) is 3.41. The van der Waals surface area contributed by atoms with Gasteiger partial charge in [0.1, 0.15) is 11.6 Å². The molecule has 3 aromatic rings. The van der Waals surface area contributed by atoms with Crippen molar-refractivity contribution in [3.8, 4) is 0 Å². The number of aromatic amines is 1. The Bertz CT molecular complexity index is 1290. The topological polar surface area (TPSA) is 134 Å². The molecule has 1 heterocycles. The first-order valence-corrected chi connectivity index (χ1v) is 10.1. The number of anilines is 1. The maximum atomic E-state index is 12.8. The van der Waals surface area contributed by atoms with Gasteiger partial charge in [-0.25, -0.2) is 4.98 Å². The van der Waals surface area contributed by atoms with E-state index in [0.29, 0.717) is 32.3 Å². The normalized spacial score (nSPS) is 12.4. The van der Waals surface area contributed by atoms with Gasteiger partial charge in [0.05, 0.1) is 18.1 Å². The number of hydrogen-bond donors (Lipinski definition) is 3. The number of carbonyl (C=O) groups excluding carboxylic acids is 2. The molecular formula is C21H18Cl2N4O5. The Labute approximate surface area is 192 Å². The van der Waals surface area contributed by atoms with Gasteiger partial charge in [-0.1, -0.05) is 34.4 Å². The largest absolute Gasteiger partial charge is 0.468 e. The number of H-pyrrole nitrogens is 1. The number of esters is 1. The molecule has 0 saturated heterocycles. The summed E-state index contributed by atoms with van der Waals surface area (Å²) in [5.41, 5.74) is 0.598. The average molecular weight is 477 g/mol. The number of fused-ring (bicyclic) bond motifs is 1. The number of hydrogen-bond acceptors (Lipinski definition) is 7. The quantitative estimate of drug-likeness (QED) is 0.216. The first-order valence-electron chi connectivity index (χ1n) is 9.29. The van der Waals surface area contributed by atoms with Crippen molar-refractivity contribution in [2.75, 3.05) is 12.4 Å². The summed E-state index contributed by atoms with van der Waals surface area (Å²) >= 11 is 12.0. The number of aromatic nitrogens is 2. The number of rotatable bonds is 6. The van der Waals surface area contributed by atoms with Gasteiger partial charge >= 0.3 is 5.97 Å². The first-order chi connectivity index (χ1) is 15.2. The molecule has 1 aromatic heterocycles. The molecule has 0 fully saturated rings. The number of oxime groups is 1. The van der Waals surface area contributed by atoms with E-state index in [1.807, 2.05) is 0 Å². The highest BCUT2D eigenvalue weighted by Gasteiger charge is 2.33. The van der Waals surface area contributed by atoms with Crippen molar-refractivity contribution in [1.82, 2.24) is 9.97 Å². The van der Waals surface area contributed by atoms with Crippen molar-refractivity contribution >= 4 is 57.5 Å². The Kier molecular flexibility index (Phi) is 7.12. The highest BCUT2D eigenvalue weighted by atomic mass is 35.5. The van der Waals surface area contributed by atoms with Gasteiger partial charge in [-0.15, -0.1) is 0 Å². The molecule has 1 amide bonds. The molecule has 9 nitrogen and oxygen atoms in total. The third kappa shape index (κ3) is 4.90. The highest BCUT2D eigenvalue weighted by Crippen LogP contribution is 2.23. The number of nitrogens with zero attached hydrogens (tertiary/aromatic N) is 2. The van der Waals surface area contributed by atoms with Crippen LogP contribution in [0.2, 0.25) is 10.0 Å². The van der Waals surface area contributed by atoms with Crippen LogP contribution in [0.3, 0.4) is 0 Å². The molecule has 0 saturated carbocycles. The highest BCUT2D eigenvalue weighted by molar-refractivity contribution is 6.46. The number of halogens is 2. The second kappa shape index (κ2) is 9.80. The number of methoxy groups -OCH3 is 1. The monoisotopic (exact) mass is 476 g/mol. The molecule has 32 heavy (non-hydrogen) atoms. The molecule has 0 aliphatic carbocycles. The SMILES string of the molecule is COC(=O)[C@H](Cc1nc2ccc(Cl)cc2[nH]c1=O)/C(=N/O)C(=O)Nc1cccc(Cl)c1C. The Hall–Kier alpha value is -3.43. The minimum Gasteiger partial charge on any atom is -0.468 e. The van der Waals surface area contributed by atoms with Gasteiger partial charge < -0.3 is 20.2 Å². The summed E-state index contributed by atoms with van der Waals surface area (Å²) in [7, 11) is 1.11. The Balaban J connectivity index is 1.95. The molecule has 3 N–H and O–H groups in total. The molecule has 3 rings (SSSR count). The molecule has 166 valence electrons. The zero-order valence-corrected chi connectivity index (χ0v) is 18.5. The average Bonchev–Trinajstić information content (AvgIpc) is 2.76. The first kappa shape index (κ1) is 23.2. The fraction of sp³-hybridized carbons (Fsp3) is 0.190. The van der Waals surface area contributed by atoms with Crippen LogP contribution in [0.15, 0.2) is 46.3 Å². The lowest BCUT2D eigenvalue weighted by atomic mass is 9.96. The van der Waals surface area contributed by atoms with E-state index >= 15 is 0 Å². The van der Waals surface area contributed by atoms with Crippen LogP contribution in [0.4, 0.5) is 5.69 Å². The van der Waals surface area contributed by atoms with E-state index in [0.717, 1.165) is 7.11 Å². The van der Waals surface area contributed by atoms with Crippen molar-refractivity contribution in [1.29, 1.82) is 0 Å². The van der Waals surface area contributed by atoms with E-state index in [9.17, 15) is 19.6 Å². The van der Waals surface area contributed by atoms with E-state index in [1.165, 1.54) is 6.07 Å². The van der Waals surface area contributed by atoms with Gasteiger partial charge in [0.2, 0.25) is 0 Å². The summed E-state index contributed by atoms with van der Waals surface area (Å²) in [4.78, 5) is 44.7. The standard InChI is InChI=1S/C21H18Cl2N4O5/c1-10-13(23)4-3-5-14(10)25-20(29)18(27-31)12(21(30)32-2)9-17-19(28)26-16-8-11(22)6-7-15(16)24-17/h3-8,12,31H,9H2,1-2H3,(H,25,29)(H,26,28)/b27-18-/t12-/m1/s1. The summed E-state index contributed by atoms with van der Waals surface area (Å²) in [5.74, 6) is -3.15. The van der Waals surface area contributed by atoms with Gasteiger partial charge in [-0.05, 0) is 42.8 Å². The Morgan fingerprint density at radius 1 is 1.28 bits per heavy atom.